The van der Waals surface area contributed by atoms with Crippen molar-refractivity contribution in [1.82, 2.24) is 0 Å². The molecule has 2 rings (SSSR count). The predicted molar refractivity (Wildman–Crippen MR) is 52.9 cm³/mol. The molecule has 1 heterocycles. The van der Waals surface area contributed by atoms with Crippen molar-refractivity contribution in [3.05, 3.63) is 44.2 Å². The van der Waals surface area contributed by atoms with Crippen LogP contribution in [-0.2, 0) is 0 Å². The first-order chi connectivity index (χ1) is 5.95. The van der Waals surface area contributed by atoms with E-state index in [4.69, 9.17) is 0 Å². The average Bonchev–Trinajstić information content (AvgIpc) is 2.59. The Morgan fingerprint density at radius 3 is 2.67 bits per heavy atom. The van der Waals surface area contributed by atoms with Gasteiger partial charge in [-0.2, -0.15) is 0 Å². The summed E-state index contributed by atoms with van der Waals surface area (Å²) in [5.74, 6) is 0. The molecule has 2 aromatic rings. The minimum atomic E-state index is 0.473. The molecule has 0 spiro atoms. The third-order valence-corrected chi connectivity index (χ3v) is 4.62. The molecule has 12 heavy (non-hydrogen) atoms. The molecule has 0 aliphatic carbocycles. The van der Waals surface area contributed by atoms with Crippen LogP contribution in [0.4, 0.5) is 5.69 Å². The van der Waals surface area contributed by atoms with Gasteiger partial charge in [0, 0.05) is 0 Å². The van der Waals surface area contributed by atoms with Crippen molar-refractivity contribution in [2.45, 2.75) is 0 Å². The zero-order valence-corrected chi connectivity index (χ0v) is 8.83. The summed E-state index contributed by atoms with van der Waals surface area (Å²) in [7, 11) is 0. The summed E-state index contributed by atoms with van der Waals surface area (Å²) in [6.07, 6.45) is 0. The third kappa shape index (κ3) is 1.94. The van der Waals surface area contributed by atoms with E-state index >= 15 is 0 Å². The summed E-state index contributed by atoms with van der Waals surface area (Å²) in [4.78, 5) is 6.70. The number of rotatable bonds is 1. The maximum atomic E-state index is 4.50. The van der Waals surface area contributed by atoms with E-state index in [1.807, 2.05) is 30.3 Å². The van der Waals surface area contributed by atoms with Crippen LogP contribution in [0, 0.1) is 0 Å². The molecule has 0 unspecified atom stereocenters. The van der Waals surface area contributed by atoms with Gasteiger partial charge in [-0.3, -0.25) is 0 Å². The maximum absolute atomic E-state index is 4.50. The third-order valence-electron chi connectivity index (χ3n) is 1.37. The van der Waals surface area contributed by atoms with Crippen molar-refractivity contribution in [1.29, 1.82) is 0 Å². The van der Waals surface area contributed by atoms with Crippen LogP contribution in [0.5, 0.6) is 0 Å². The molecule has 0 radical (unpaired) electrons. The van der Waals surface area contributed by atoms with Gasteiger partial charge in [-0.05, 0) is 0 Å². The monoisotopic (exact) mass is 241 g/mol. The van der Waals surface area contributed by atoms with Gasteiger partial charge in [0.1, 0.15) is 0 Å². The van der Waals surface area contributed by atoms with Crippen LogP contribution < -0.4 is 3.54 Å². The van der Waals surface area contributed by atoms with Crippen molar-refractivity contribution in [3.63, 3.8) is 0 Å². The zero-order chi connectivity index (χ0) is 8.23. The van der Waals surface area contributed by atoms with Gasteiger partial charge in [-0.15, -0.1) is 0 Å². The Morgan fingerprint density at radius 1 is 1.17 bits per heavy atom. The minimum absolute atomic E-state index is 0.473. The second-order valence-electron chi connectivity index (χ2n) is 2.22. The Kier molecular flexibility index (Phi) is 2.57. The molecule has 0 aliphatic rings. The Labute approximate surface area is 80.8 Å². The quantitative estimate of drug-likeness (QED) is 0.676. The van der Waals surface area contributed by atoms with E-state index in [0.29, 0.717) is 14.5 Å². The van der Waals surface area contributed by atoms with Crippen LogP contribution in [0.2, 0.25) is 0 Å². The standard InChI is InChI=1S/C9H7NSSe/c1-2-4-8(5-3-1)10-9-11-6-7-12-9/h1-7H. The Morgan fingerprint density at radius 2 is 2.00 bits per heavy atom. The van der Waals surface area contributed by atoms with Gasteiger partial charge < -0.3 is 0 Å². The molecule has 0 bridgehead atoms. The van der Waals surface area contributed by atoms with E-state index in [2.05, 4.69) is 15.3 Å². The van der Waals surface area contributed by atoms with E-state index in [9.17, 15) is 0 Å². The number of hydrogen-bond acceptors (Lipinski definition) is 2. The van der Waals surface area contributed by atoms with E-state index in [1.165, 1.54) is 3.54 Å². The van der Waals surface area contributed by atoms with E-state index < -0.39 is 0 Å². The average molecular weight is 240 g/mol. The van der Waals surface area contributed by atoms with Crippen molar-refractivity contribution in [3.8, 4) is 0 Å². The first-order valence-corrected chi connectivity index (χ1v) is 6.30. The first-order valence-electron chi connectivity index (χ1n) is 3.57. The zero-order valence-electron chi connectivity index (χ0n) is 6.31. The molecule has 0 fully saturated rings. The predicted octanol–water partition coefficient (Wildman–Crippen LogP) is 2.04. The molecule has 60 valence electrons. The van der Waals surface area contributed by atoms with Crippen LogP contribution in [-0.4, -0.2) is 14.5 Å². The number of para-hydroxylation sites is 1. The molecule has 1 aromatic carbocycles. The van der Waals surface area contributed by atoms with Gasteiger partial charge >= 0.3 is 80.7 Å². The van der Waals surface area contributed by atoms with Crippen molar-refractivity contribution in [2.75, 3.05) is 0 Å². The Bertz CT molecular complexity index is 385. The molecule has 0 saturated heterocycles. The SMILES string of the molecule is c1ccc(N=c2scc[se]2)cc1. The van der Waals surface area contributed by atoms with Crippen LogP contribution >= 0.6 is 11.3 Å². The number of hydrogen-bond donors (Lipinski definition) is 0. The van der Waals surface area contributed by atoms with E-state index in [1.54, 1.807) is 11.3 Å². The van der Waals surface area contributed by atoms with Gasteiger partial charge in [0.2, 0.25) is 0 Å². The normalized spacial score (nSPS) is 11.8. The second kappa shape index (κ2) is 3.85. The van der Waals surface area contributed by atoms with Crippen LogP contribution in [0.25, 0.3) is 0 Å². The van der Waals surface area contributed by atoms with Gasteiger partial charge in [0.05, 0.1) is 0 Å². The van der Waals surface area contributed by atoms with Crippen LogP contribution in [0.3, 0.4) is 0 Å². The fraction of sp³-hybridized carbons (Fsp3) is 0. The van der Waals surface area contributed by atoms with Gasteiger partial charge in [0.25, 0.3) is 0 Å². The van der Waals surface area contributed by atoms with Crippen LogP contribution in [0.1, 0.15) is 0 Å². The fourth-order valence-corrected chi connectivity index (χ4v) is 3.56. The first kappa shape index (κ1) is 7.99. The summed E-state index contributed by atoms with van der Waals surface area (Å²) in [6.45, 7) is 0. The molecule has 0 saturated carbocycles. The van der Waals surface area contributed by atoms with Crippen molar-refractivity contribution < 1.29 is 0 Å². The summed E-state index contributed by atoms with van der Waals surface area (Å²) < 4.78 is 1.24. The summed E-state index contributed by atoms with van der Waals surface area (Å²) in [5, 5.41) is 2.11. The fourth-order valence-electron chi connectivity index (χ4n) is 0.860. The molecule has 0 atom stereocenters. The summed E-state index contributed by atoms with van der Waals surface area (Å²) >= 11 is 2.21. The molecule has 3 heteroatoms. The Hall–Kier alpha value is -0.631. The molecule has 1 nitrogen and oxygen atoms in total. The topological polar surface area (TPSA) is 12.4 Å². The van der Waals surface area contributed by atoms with Crippen molar-refractivity contribution in [2.24, 2.45) is 4.99 Å². The summed E-state index contributed by atoms with van der Waals surface area (Å²) in [5.41, 5.74) is 1.06. The van der Waals surface area contributed by atoms with Crippen LogP contribution in [0.15, 0.2) is 45.6 Å². The number of nitrogens with zero attached hydrogens (tertiary/aromatic N) is 1. The second-order valence-corrected chi connectivity index (χ2v) is 5.58. The molecule has 1 aromatic heterocycles. The van der Waals surface area contributed by atoms with Gasteiger partial charge in [0.15, 0.2) is 0 Å². The van der Waals surface area contributed by atoms with Gasteiger partial charge in [-0.1, -0.05) is 0 Å². The molecule has 0 N–H and O–H groups in total. The summed E-state index contributed by atoms with van der Waals surface area (Å²) in [6, 6.07) is 10.1. The molecular formula is C9H7NSSe. The molecule has 0 amide bonds. The van der Waals surface area contributed by atoms with E-state index in [0.717, 1.165) is 5.69 Å². The van der Waals surface area contributed by atoms with Gasteiger partial charge in [-0.25, -0.2) is 0 Å². The van der Waals surface area contributed by atoms with E-state index in [-0.39, 0.29) is 0 Å². The molecular weight excluding hydrogens is 233 g/mol. The van der Waals surface area contributed by atoms with Crippen molar-refractivity contribution >= 4 is 31.5 Å². The number of benzene rings is 1. The Balaban J connectivity index is 2.42. The molecule has 0 aliphatic heterocycles.